The SMILES string of the molecule is CC(C)n1cc(Nc2nc(N3CCC[C@H](NC(=O)O)C3)ncc2C(N)=O)cc(C2CCCCC2)c1=O. The Hall–Kier alpha value is -3.63. The van der Waals surface area contributed by atoms with Crippen LogP contribution in [0, 0.1) is 0 Å². The van der Waals surface area contributed by atoms with Crippen molar-refractivity contribution in [2.24, 2.45) is 5.73 Å². The Labute approximate surface area is 210 Å². The number of amides is 2. The first-order valence-electron chi connectivity index (χ1n) is 12.7. The van der Waals surface area contributed by atoms with Gasteiger partial charge >= 0.3 is 6.09 Å². The highest BCUT2D eigenvalue weighted by Crippen LogP contribution is 2.33. The molecule has 2 aromatic heterocycles. The molecule has 2 fully saturated rings. The van der Waals surface area contributed by atoms with Gasteiger partial charge in [0.25, 0.3) is 11.5 Å². The maximum absolute atomic E-state index is 13.2. The number of hydrogen-bond donors (Lipinski definition) is 4. The number of piperidine rings is 1. The van der Waals surface area contributed by atoms with Crippen molar-refractivity contribution in [1.29, 1.82) is 0 Å². The molecule has 3 heterocycles. The van der Waals surface area contributed by atoms with Crippen molar-refractivity contribution in [3.8, 4) is 0 Å². The first kappa shape index (κ1) is 25.5. The van der Waals surface area contributed by atoms with Crippen molar-refractivity contribution in [3.63, 3.8) is 0 Å². The van der Waals surface area contributed by atoms with Gasteiger partial charge in [0.2, 0.25) is 5.95 Å². The van der Waals surface area contributed by atoms with Gasteiger partial charge in [-0.05, 0) is 51.5 Å². The summed E-state index contributed by atoms with van der Waals surface area (Å²) in [5.41, 5.74) is 7.21. The van der Waals surface area contributed by atoms with Crippen LogP contribution in [0.4, 0.5) is 22.2 Å². The van der Waals surface area contributed by atoms with Crippen molar-refractivity contribution < 1.29 is 14.7 Å². The standard InChI is InChI=1S/C25H35N7O4/c1-15(2)32-14-18(11-19(23(32)34)16-7-4-3-5-8-16)28-22-20(21(26)33)12-27-24(30-22)31-10-6-9-17(13-31)29-25(35)36/h11-12,14-17,29H,3-10,13H2,1-2H3,(H2,26,33)(H,35,36)(H,27,28,30)/t17-/m0/s1. The van der Waals surface area contributed by atoms with E-state index in [1.165, 1.54) is 12.6 Å². The lowest BCUT2D eigenvalue weighted by atomic mass is 9.84. The molecule has 2 aliphatic rings. The molecule has 1 aliphatic heterocycles. The van der Waals surface area contributed by atoms with Gasteiger partial charge in [-0.25, -0.2) is 9.78 Å². The fraction of sp³-hybridized carbons (Fsp3) is 0.560. The molecule has 4 rings (SSSR count). The highest BCUT2D eigenvalue weighted by Gasteiger charge is 2.25. The Morgan fingerprint density at radius 3 is 2.58 bits per heavy atom. The fourth-order valence-electron chi connectivity index (χ4n) is 5.17. The Morgan fingerprint density at radius 2 is 1.92 bits per heavy atom. The molecule has 11 nitrogen and oxygen atoms in total. The topological polar surface area (TPSA) is 155 Å². The van der Waals surface area contributed by atoms with E-state index in [2.05, 4.69) is 20.6 Å². The number of anilines is 3. The van der Waals surface area contributed by atoms with E-state index >= 15 is 0 Å². The van der Waals surface area contributed by atoms with Crippen molar-refractivity contribution in [2.45, 2.75) is 76.8 Å². The summed E-state index contributed by atoms with van der Waals surface area (Å²) in [4.78, 5) is 47.3. The van der Waals surface area contributed by atoms with E-state index in [0.29, 0.717) is 24.7 Å². The van der Waals surface area contributed by atoms with Crippen molar-refractivity contribution in [3.05, 3.63) is 39.9 Å². The monoisotopic (exact) mass is 497 g/mol. The van der Waals surface area contributed by atoms with E-state index in [1.54, 1.807) is 10.8 Å². The maximum atomic E-state index is 13.2. The minimum Gasteiger partial charge on any atom is -0.465 e. The Balaban J connectivity index is 1.68. The molecule has 1 saturated heterocycles. The van der Waals surface area contributed by atoms with E-state index in [1.807, 2.05) is 24.8 Å². The van der Waals surface area contributed by atoms with E-state index in [-0.39, 0.29) is 34.9 Å². The van der Waals surface area contributed by atoms with Crippen LogP contribution in [0.5, 0.6) is 0 Å². The van der Waals surface area contributed by atoms with Gasteiger partial charge in [-0.3, -0.25) is 9.59 Å². The molecule has 0 aromatic carbocycles. The molecule has 0 spiro atoms. The summed E-state index contributed by atoms with van der Waals surface area (Å²) >= 11 is 0. The highest BCUT2D eigenvalue weighted by molar-refractivity contribution is 5.98. The molecule has 1 atom stereocenters. The molecule has 2 aromatic rings. The number of pyridine rings is 1. The van der Waals surface area contributed by atoms with Gasteiger partial charge in [0.15, 0.2) is 0 Å². The predicted octanol–water partition coefficient (Wildman–Crippen LogP) is 3.35. The van der Waals surface area contributed by atoms with E-state index < -0.39 is 12.0 Å². The molecule has 0 radical (unpaired) electrons. The number of nitrogens with zero attached hydrogens (tertiary/aromatic N) is 4. The number of primary amides is 1. The van der Waals surface area contributed by atoms with E-state index in [4.69, 9.17) is 10.8 Å². The third-order valence-corrected chi connectivity index (χ3v) is 7.01. The molecule has 0 unspecified atom stereocenters. The second-order valence-electron chi connectivity index (χ2n) is 9.98. The minimum atomic E-state index is -1.07. The Morgan fingerprint density at radius 1 is 1.17 bits per heavy atom. The molecule has 1 aliphatic carbocycles. The van der Waals surface area contributed by atoms with Crippen LogP contribution in [-0.2, 0) is 0 Å². The predicted molar refractivity (Wildman–Crippen MR) is 137 cm³/mol. The molecule has 11 heteroatoms. The summed E-state index contributed by atoms with van der Waals surface area (Å²) in [6, 6.07) is 1.60. The number of nitrogens with one attached hydrogen (secondary N) is 2. The smallest absolute Gasteiger partial charge is 0.404 e. The minimum absolute atomic E-state index is 0.0197. The van der Waals surface area contributed by atoms with Gasteiger partial charge in [0.05, 0.1) is 5.69 Å². The number of rotatable bonds is 7. The number of carboxylic acid groups (broad SMARTS) is 1. The van der Waals surface area contributed by atoms with Gasteiger partial charge in [0, 0.05) is 43.1 Å². The average Bonchev–Trinajstić information content (AvgIpc) is 2.85. The van der Waals surface area contributed by atoms with Gasteiger partial charge < -0.3 is 30.9 Å². The number of aromatic nitrogens is 3. The number of carbonyl (C=O) groups excluding carboxylic acids is 1. The third-order valence-electron chi connectivity index (χ3n) is 7.01. The average molecular weight is 498 g/mol. The molecule has 0 bridgehead atoms. The lowest BCUT2D eigenvalue weighted by Crippen LogP contribution is -2.48. The molecular formula is C25H35N7O4. The summed E-state index contributed by atoms with van der Waals surface area (Å²) in [5, 5.41) is 14.8. The number of carbonyl (C=O) groups is 2. The summed E-state index contributed by atoms with van der Waals surface area (Å²) in [5.74, 6) is 0.174. The first-order chi connectivity index (χ1) is 17.2. The highest BCUT2D eigenvalue weighted by atomic mass is 16.4. The van der Waals surface area contributed by atoms with Crippen LogP contribution in [0.25, 0.3) is 0 Å². The second kappa shape index (κ2) is 11.0. The van der Waals surface area contributed by atoms with E-state index in [0.717, 1.165) is 44.1 Å². The van der Waals surface area contributed by atoms with Gasteiger partial charge in [-0.2, -0.15) is 4.98 Å². The zero-order valence-corrected chi connectivity index (χ0v) is 20.9. The van der Waals surface area contributed by atoms with Crippen LogP contribution in [0.15, 0.2) is 23.3 Å². The fourth-order valence-corrected chi connectivity index (χ4v) is 5.17. The molecule has 1 saturated carbocycles. The molecule has 2 amide bonds. The molecule has 194 valence electrons. The normalized spacial score (nSPS) is 18.8. The van der Waals surface area contributed by atoms with Crippen LogP contribution in [0.1, 0.15) is 86.7 Å². The zero-order chi connectivity index (χ0) is 25.8. The number of hydrogen-bond acceptors (Lipinski definition) is 7. The summed E-state index contributed by atoms with van der Waals surface area (Å²) in [6.07, 6.45) is 8.97. The van der Waals surface area contributed by atoms with Gasteiger partial charge in [0.1, 0.15) is 11.4 Å². The molecule has 36 heavy (non-hydrogen) atoms. The second-order valence-corrected chi connectivity index (χ2v) is 9.98. The lowest BCUT2D eigenvalue weighted by molar-refractivity contribution is 0.100. The quantitative estimate of drug-likeness (QED) is 0.454. The summed E-state index contributed by atoms with van der Waals surface area (Å²) in [6.45, 7) is 5.01. The Kier molecular flexibility index (Phi) is 7.76. The molecule has 5 N–H and O–H groups in total. The summed E-state index contributed by atoms with van der Waals surface area (Å²) < 4.78 is 1.71. The largest absolute Gasteiger partial charge is 0.465 e. The third kappa shape index (κ3) is 5.77. The van der Waals surface area contributed by atoms with Crippen molar-refractivity contribution in [2.75, 3.05) is 23.3 Å². The Bertz CT molecular complexity index is 1170. The van der Waals surface area contributed by atoms with E-state index in [9.17, 15) is 14.4 Å². The van der Waals surface area contributed by atoms with Crippen LogP contribution < -0.4 is 26.8 Å². The van der Waals surface area contributed by atoms with Crippen LogP contribution >= 0.6 is 0 Å². The van der Waals surface area contributed by atoms with Crippen molar-refractivity contribution >= 4 is 29.5 Å². The zero-order valence-electron chi connectivity index (χ0n) is 20.9. The van der Waals surface area contributed by atoms with Crippen LogP contribution in [0.2, 0.25) is 0 Å². The van der Waals surface area contributed by atoms with Gasteiger partial charge in [-0.15, -0.1) is 0 Å². The maximum Gasteiger partial charge on any atom is 0.404 e. The first-order valence-corrected chi connectivity index (χ1v) is 12.7. The number of nitrogens with two attached hydrogens (primary N) is 1. The summed E-state index contributed by atoms with van der Waals surface area (Å²) in [7, 11) is 0. The molecular weight excluding hydrogens is 462 g/mol. The van der Waals surface area contributed by atoms with Gasteiger partial charge in [-0.1, -0.05) is 19.3 Å². The van der Waals surface area contributed by atoms with Crippen molar-refractivity contribution in [1.82, 2.24) is 19.9 Å². The van der Waals surface area contributed by atoms with Crippen LogP contribution in [-0.4, -0.2) is 50.8 Å². The lowest BCUT2D eigenvalue weighted by Gasteiger charge is -2.32. The van der Waals surface area contributed by atoms with Crippen LogP contribution in [0.3, 0.4) is 0 Å².